The Kier molecular flexibility index (Phi) is 3.40. The van der Waals surface area contributed by atoms with Crippen LogP contribution >= 0.6 is 0 Å². The van der Waals surface area contributed by atoms with Crippen LogP contribution in [0.15, 0.2) is 12.1 Å². The molecule has 106 valence electrons. The first-order chi connectivity index (χ1) is 9.63. The predicted octanol–water partition coefficient (Wildman–Crippen LogP) is 2.61. The van der Waals surface area contributed by atoms with Crippen LogP contribution < -0.4 is 5.48 Å². The number of carbonyl (C=O) groups is 1. The number of nitrogens with zero attached hydrogens (tertiary/aromatic N) is 1. The largest absolute Gasteiger partial charge is 0.342 e. The molecule has 5 nitrogen and oxygen atoms in total. The number of H-pyrrole nitrogens is 1. The molecule has 1 aromatic heterocycles. The summed E-state index contributed by atoms with van der Waals surface area (Å²) < 4.78 is 13.9. The van der Waals surface area contributed by atoms with Gasteiger partial charge in [0.05, 0.1) is 22.7 Å². The van der Waals surface area contributed by atoms with E-state index in [1.807, 2.05) is 0 Å². The van der Waals surface area contributed by atoms with Gasteiger partial charge in [-0.1, -0.05) is 12.8 Å². The first kappa shape index (κ1) is 13.1. The van der Waals surface area contributed by atoms with Crippen molar-refractivity contribution in [3.05, 3.63) is 29.3 Å². The molecule has 1 amide bonds. The normalized spacial score (nSPS) is 15.9. The molecule has 0 bridgehead atoms. The van der Waals surface area contributed by atoms with E-state index in [0.717, 1.165) is 25.7 Å². The molecular weight excluding hydrogens is 261 g/mol. The molecular formula is C14H16FN3O2. The van der Waals surface area contributed by atoms with Crippen LogP contribution in [0.1, 0.15) is 41.9 Å². The highest BCUT2D eigenvalue weighted by molar-refractivity contribution is 5.97. The fraction of sp³-hybridized carbons (Fsp3) is 0.429. The van der Waals surface area contributed by atoms with Crippen LogP contribution in [0.4, 0.5) is 4.39 Å². The van der Waals surface area contributed by atoms with Gasteiger partial charge in [0.15, 0.2) is 0 Å². The van der Waals surface area contributed by atoms with Crippen LogP contribution in [0.3, 0.4) is 0 Å². The minimum Gasteiger partial charge on any atom is -0.342 e. The Labute approximate surface area is 115 Å². The average Bonchev–Trinajstić information content (AvgIpc) is 3.03. The van der Waals surface area contributed by atoms with Crippen molar-refractivity contribution in [3.63, 3.8) is 0 Å². The standard InChI is InChI=1S/C14H16FN3O2/c1-8-16-12-6-10(11(15)7-13(12)17-8)14(19)18-20-9-4-2-3-5-9/h6-7,9H,2-5H2,1H3,(H,16,17)(H,18,19). The number of hydrogen-bond donors (Lipinski definition) is 2. The van der Waals surface area contributed by atoms with Gasteiger partial charge < -0.3 is 4.98 Å². The summed E-state index contributed by atoms with van der Waals surface area (Å²) in [5.41, 5.74) is 3.42. The topological polar surface area (TPSA) is 67.0 Å². The fourth-order valence-corrected chi connectivity index (χ4v) is 2.53. The van der Waals surface area contributed by atoms with Gasteiger partial charge in [0.2, 0.25) is 0 Å². The predicted molar refractivity (Wildman–Crippen MR) is 71.6 cm³/mol. The van der Waals surface area contributed by atoms with Crippen LogP contribution in [-0.2, 0) is 4.84 Å². The lowest BCUT2D eigenvalue weighted by Crippen LogP contribution is -2.29. The summed E-state index contributed by atoms with van der Waals surface area (Å²) in [6, 6.07) is 2.71. The molecule has 1 aromatic carbocycles. The van der Waals surface area contributed by atoms with Crippen LogP contribution in [0.5, 0.6) is 0 Å². The number of amides is 1. The highest BCUT2D eigenvalue weighted by Crippen LogP contribution is 2.21. The third-order valence-corrected chi connectivity index (χ3v) is 3.55. The molecule has 1 fully saturated rings. The van der Waals surface area contributed by atoms with E-state index in [2.05, 4.69) is 15.4 Å². The Morgan fingerprint density at radius 3 is 2.95 bits per heavy atom. The zero-order chi connectivity index (χ0) is 14.1. The number of aryl methyl sites for hydroxylation is 1. The molecule has 2 aromatic rings. The van der Waals surface area contributed by atoms with Crippen LogP contribution in [-0.4, -0.2) is 22.0 Å². The van der Waals surface area contributed by atoms with Crippen molar-refractivity contribution in [2.24, 2.45) is 0 Å². The molecule has 1 aliphatic carbocycles. The smallest absolute Gasteiger partial charge is 0.277 e. The Balaban J connectivity index is 1.77. The minimum atomic E-state index is -0.589. The number of aromatic amines is 1. The first-order valence-electron chi connectivity index (χ1n) is 6.75. The summed E-state index contributed by atoms with van der Waals surface area (Å²) in [5, 5.41) is 0. The van der Waals surface area contributed by atoms with E-state index in [9.17, 15) is 9.18 Å². The monoisotopic (exact) mass is 277 g/mol. The maximum atomic E-state index is 13.9. The van der Waals surface area contributed by atoms with E-state index in [1.54, 1.807) is 6.92 Å². The molecule has 3 rings (SSSR count). The Bertz CT molecular complexity index is 647. The van der Waals surface area contributed by atoms with Crippen molar-refractivity contribution in [2.75, 3.05) is 0 Å². The van der Waals surface area contributed by atoms with E-state index in [0.29, 0.717) is 16.9 Å². The molecule has 0 atom stereocenters. The summed E-state index contributed by atoms with van der Waals surface area (Å²) in [5.74, 6) is -0.482. The molecule has 0 spiro atoms. The van der Waals surface area contributed by atoms with Gasteiger partial charge in [-0.25, -0.2) is 14.9 Å². The summed E-state index contributed by atoms with van der Waals surface area (Å²) in [6.45, 7) is 1.78. The SMILES string of the molecule is Cc1nc2cc(C(=O)NOC3CCCC3)c(F)cc2[nH]1. The molecule has 1 aliphatic rings. The van der Waals surface area contributed by atoms with Crippen molar-refractivity contribution in [1.82, 2.24) is 15.4 Å². The Morgan fingerprint density at radius 2 is 2.20 bits per heavy atom. The van der Waals surface area contributed by atoms with Crippen LogP contribution in [0, 0.1) is 12.7 Å². The molecule has 1 heterocycles. The molecule has 0 radical (unpaired) electrons. The average molecular weight is 277 g/mol. The molecule has 1 saturated carbocycles. The van der Waals surface area contributed by atoms with E-state index in [-0.39, 0.29) is 11.7 Å². The zero-order valence-electron chi connectivity index (χ0n) is 11.2. The number of carbonyl (C=O) groups excluding carboxylic acids is 1. The lowest BCUT2D eigenvalue weighted by Gasteiger charge is -2.11. The molecule has 6 heteroatoms. The van der Waals surface area contributed by atoms with Crippen molar-refractivity contribution >= 4 is 16.9 Å². The number of hydroxylamine groups is 1. The van der Waals surface area contributed by atoms with E-state index in [4.69, 9.17) is 4.84 Å². The first-order valence-corrected chi connectivity index (χ1v) is 6.75. The van der Waals surface area contributed by atoms with E-state index >= 15 is 0 Å². The van der Waals surface area contributed by atoms with Gasteiger partial charge in [-0.05, 0) is 25.8 Å². The highest BCUT2D eigenvalue weighted by Gasteiger charge is 2.19. The quantitative estimate of drug-likeness (QED) is 0.847. The van der Waals surface area contributed by atoms with Gasteiger partial charge in [0.25, 0.3) is 5.91 Å². The van der Waals surface area contributed by atoms with Crippen molar-refractivity contribution in [2.45, 2.75) is 38.7 Å². The fourth-order valence-electron chi connectivity index (χ4n) is 2.53. The van der Waals surface area contributed by atoms with Gasteiger partial charge in [-0.3, -0.25) is 9.63 Å². The third kappa shape index (κ3) is 2.51. The van der Waals surface area contributed by atoms with Crippen LogP contribution in [0.2, 0.25) is 0 Å². The number of nitrogens with one attached hydrogen (secondary N) is 2. The molecule has 20 heavy (non-hydrogen) atoms. The summed E-state index contributed by atoms with van der Waals surface area (Å²) in [7, 11) is 0. The number of rotatable bonds is 3. The van der Waals surface area contributed by atoms with E-state index < -0.39 is 11.7 Å². The number of hydrogen-bond acceptors (Lipinski definition) is 3. The summed E-state index contributed by atoms with van der Waals surface area (Å²) in [4.78, 5) is 24.4. The number of fused-ring (bicyclic) bond motifs is 1. The Morgan fingerprint density at radius 1 is 1.45 bits per heavy atom. The maximum absolute atomic E-state index is 13.9. The van der Waals surface area contributed by atoms with Gasteiger partial charge in [-0.15, -0.1) is 0 Å². The van der Waals surface area contributed by atoms with Gasteiger partial charge in [0, 0.05) is 6.07 Å². The van der Waals surface area contributed by atoms with Crippen molar-refractivity contribution < 1.29 is 14.0 Å². The van der Waals surface area contributed by atoms with Crippen LogP contribution in [0.25, 0.3) is 11.0 Å². The second-order valence-electron chi connectivity index (χ2n) is 5.13. The van der Waals surface area contributed by atoms with Gasteiger partial charge in [0.1, 0.15) is 11.6 Å². The second kappa shape index (κ2) is 5.20. The molecule has 0 unspecified atom stereocenters. The highest BCUT2D eigenvalue weighted by atomic mass is 19.1. The zero-order valence-corrected chi connectivity index (χ0v) is 11.2. The van der Waals surface area contributed by atoms with Gasteiger partial charge in [-0.2, -0.15) is 0 Å². The summed E-state index contributed by atoms with van der Waals surface area (Å²) >= 11 is 0. The number of imidazole rings is 1. The lowest BCUT2D eigenvalue weighted by atomic mass is 10.2. The van der Waals surface area contributed by atoms with Crippen molar-refractivity contribution in [1.29, 1.82) is 0 Å². The van der Waals surface area contributed by atoms with Crippen molar-refractivity contribution in [3.8, 4) is 0 Å². The molecule has 0 saturated heterocycles. The van der Waals surface area contributed by atoms with Gasteiger partial charge >= 0.3 is 0 Å². The maximum Gasteiger partial charge on any atom is 0.277 e. The second-order valence-corrected chi connectivity index (χ2v) is 5.13. The molecule has 0 aliphatic heterocycles. The minimum absolute atomic E-state index is 0.0402. The lowest BCUT2D eigenvalue weighted by molar-refractivity contribution is -0.0127. The number of aromatic nitrogens is 2. The van der Waals surface area contributed by atoms with E-state index in [1.165, 1.54) is 12.1 Å². The Hall–Kier alpha value is -1.95. The summed E-state index contributed by atoms with van der Waals surface area (Å²) in [6.07, 6.45) is 4.11. The third-order valence-electron chi connectivity index (χ3n) is 3.55. The number of benzene rings is 1. The number of halogens is 1. The molecule has 2 N–H and O–H groups in total.